The van der Waals surface area contributed by atoms with Crippen molar-refractivity contribution < 1.29 is 4.79 Å². The number of hydrogen-bond acceptors (Lipinski definition) is 1. The van der Waals surface area contributed by atoms with Crippen LogP contribution in [0.5, 0.6) is 0 Å². The highest BCUT2D eigenvalue weighted by Gasteiger charge is 2.37. The Bertz CT molecular complexity index is 744. The maximum absolute atomic E-state index is 11.8. The van der Waals surface area contributed by atoms with Crippen LogP contribution in [0.4, 0.5) is 5.69 Å². The lowest BCUT2D eigenvalue weighted by Crippen LogP contribution is -2.57. The van der Waals surface area contributed by atoms with E-state index in [9.17, 15) is 4.79 Å². The molecule has 108 valence electrons. The highest BCUT2D eigenvalue weighted by atomic mass is 16.2. The highest BCUT2D eigenvalue weighted by Crippen LogP contribution is 2.24. The van der Waals surface area contributed by atoms with Crippen LogP contribution in [0.1, 0.15) is 11.1 Å². The van der Waals surface area contributed by atoms with E-state index in [4.69, 9.17) is 6.57 Å². The first-order chi connectivity index (χ1) is 10.8. The topological polar surface area (TPSA) is 33.5 Å². The zero-order chi connectivity index (χ0) is 15.4. The van der Waals surface area contributed by atoms with E-state index in [-0.39, 0.29) is 17.9 Å². The van der Waals surface area contributed by atoms with Crippen LogP contribution in [-0.2, 0) is 11.2 Å². The highest BCUT2D eigenvalue weighted by molar-refractivity contribution is 5.87. The number of carbonyl (C=O) groups excluding carboxylic acids is 1. The molecule has 3 rings (SSSR count). The minimum absolute atomic E-state index is 0.0547. The molecule has 0 saturated carbocycles. The molecule has 1 heterocycles. The normalized spacial score (nSPS) is 20.2. The van der Waals surface area contributed by atoms with Crippen molar-refractivity contribution in [3.05, 3.63) is 83.2 Å². The van der Waals surface area contributed by atoms with Crippen LogP contribution < -0.4 is 5.32 Å². The van der Waals surface area contributed by atoms with Crippen molar-refractivity contribution in [1.29, 1.82) is 0 Å². The molecular formula is C19H16N2O. The summed E-state index contributed by atoms with van der Waals surface area (Å²) < 4.78 is 0. The number of nitrogens with zero attached hydrogens (tertiary/aromatic N) is 1. The first-order valence-corrected chi connectivity index (χ1v) is 7.26. The zero-order valence-corrected chi connectivity index (χ0v) is 12.1. The molecule has 1 aliphatic heterocycles. The third-order valence-corrected chi connectivity index (χ3v) is 3.87. The number of carbonyl (C=O) groups is 1. The average Bonchev–Trinajstić information content (AvgIpc) is 2.57. The Balaban J connectivity index is 1.69. The third kappa shape index (κ3) is 3.07. The first kappa shape index (κ1) is 14.1. The van der Waals surface area contributed by atoms with Gasteiger partial charge in [-0.25, -0.2) is 4.85 Å². The fraction of sp³-hybridized carbons (Fsp3) is 0.158. The minimum Gasteiger partial charge on any atom is -0.349 e. The van der Waals surface area contributed by atoms with Gasteiger partial charge >= 0.3 is 0 Å². The summed E-state index contributed by atoms with van der Waals surface area (Å²) in [5.41, 5.74) is 2.78. The Labute approximate surface area is 130 Å². The zero-order valence-electron chi connectivity index (χ0n) is 12.1. The molecule has 1 aliphatic rings. The van der Waals surface area contributed by atoms with E-state index in [0.717, 1.165) is 11.1 Å². The lowest BCUT2D eigenvalue weighted by atomic mass is 9.84. The summed E-state index contributed by atoms with van der Waals surface area (Å²) in [6, 6.07) is 17.6. The molecule has 0 aliphatic carbocycles. The summed E-state index contributed by atoms with van der Waals surface area (Å²) in [4.78, 5) is 15.2. The van der Waals surface area contributed by atoms with Crippen LogP contribution in [0.25, 0.3) is 10.9 Å². The predicted octanol–water partition coefficient (Wildman–Crippen LogP) is 3.61. The molecule has 3 nitrogen and oxygen atoms in total. The predicted molar refractivity (Wildman–Crippen MR) is 87.3 cm³/mol. The van der Waals surface area contributed by atoms with Crippen molar-refractivity contribution >= 4 is 17.7 Å². The molecule has 3 heteroatoms. The molecule has 2 aromatic carbocycles. The van der Waals surface area contributed by atoms with Crippen LogP contribution >= 0.6 is 0 Å². The van der Waals surface area contributed by atoms with Gasteiger partial charge in [0.15, 0.2) is 5.69 Å². The summed E-state index contributed by atoms with van der Waals surface area (Å²) >= 11 is 0. The van der Waals surface area contributed by atoms with Gasteiger partial charge in [-0.2, -0.15) is 0 Å². The Hall–Kier alpha value is -2.86. The molecule has 0 radical (unpaired) electrons. The second-order valence-electron chi connectivity index (χ2n) is 5.40. The van der Waals surface area contributed by atoms with Crippen molar-refractivity contribution in [3.63, 3.8) is 0 Å². The van der Waals surface area contributed by atoms with Crippen molar-refractivity contribution in [2.24, 2.45) is 5.92 Å². The molecule has 2 unspecified atom stereocenters. The van der Waals surface area contributed by atoms with Gasteiger partial charge < -0.3 is 5.32 Å². The van der Waals surface area contributed by atoms with Crippen molar-refractivity contribution in [2.45, 2.75) is 12.5 Å². The van der Waals surface area contributed by atoms with E-state index >= 15 is 0 Å². The van der Waals surface area contributed by atoms with Crippen LogP contribution in [0, 0.1) is 12.5 Å². The molecule has 1 saturated heterocycles. The van der Waals surface area contributed by atoms with E-state index in [1.54, 1.807) is 6.07 Å². The largest absolute Gasteiger partial charge is 0.349 e. The van der Waals surface area contributed by atoms with E-state index < -0.39 is 0 Å². The van der Waals surface area contributed by atoms with E-state index in [0.29, 0.717) is 12.1 Å². The monoisotopic (exact) mass is 288 g/mol. The lowest BCUT2D eigenvalue weighted by molar-refractivity contribution is -0.133. The Kier molecular flexibility index (Phi) is 4.02. The van der Waals surface area contributed by atoms with Gasteiger partial charge in [-0.05, 0) is 12.0 Å². The van der Waals surface area contributed by atoms with Crippen LogP contribution in [-0.4, -0.2) is 11.9 Å². The summed E-state index contributed by atoms with van der Waals surface area (Å²) in [5, 5.41) is 2.93. The van der Waals surface area contributed by atoms with Crippen molar-refractivity contribution in [3.8, 4) is 0 Å². The Morgan fingerprint density at radius 3 is 2.68 bits per heavy atom. The van der Waals surface area contributed by atoms with E-state index in [2.05, 4.69) is 10.2 Å². The van der Waals surface area contributed by atoms with Crippen LogP contribution in [0.15, 0.2) is 60.7 Å². The lowest BCUT2D eigenvalue weighted by Gasteiger charge is -2.35. The second kappa shape index (κ2) is 6.28. The molecule has 1 N–H and O–H groups in total. The number of benzene rings is 2. The maximum atomic E-state index is 11.8. The van der Waals surface area contributed by atoms with E-state index in [1.165, 1.54) is 0 Å². The number of nitrogens with one attached hydrogen (secondary N) is 1. The van der Waals surface area contributed by atoms with Gasteiger partial charge in [0, 0.05) is 0 Å². The molecule has 0 bridgehead atoms. The van der Waals surface area contributed by atoms with Crippen molar-refractivity contribution in [1.82, 2.24) is 5.32 Å². The van der Waals surface area contributed by atoms with Gasteiger partial charge in [-0.15, -0.1) is 0 Å². The molecule has 1 amide bonds. The SMILES string of the molecule is [C-]#[N+]c1cccc(CC2C(=O)NC2C=Cc2ccccc2)c1. The molecular weight excluding hydrogens is 272 g/mol. The van der Waals surface area contributed by atoms with Crippen LogP contribution in [0.2, 0.25) is 0 Å². The van der Waals surface area contributed by atoms with E-state index in [1.807, 2.05) is 60.7 Å². The summed E-state index contributed by atoms with van der Waals surface area (Å²) in [6.07, 6.45) is 4.74. The molecule has 2 atom stereocenters. The third-order valence-electron chi connectivity index (χ3n) is 3.87. The fourth-order valence-corrected chi connectivity index (χ4v) is 2.63. The van der Waals surface area contributed by atoms with Gasteiger partial charge in [0.1, 0.15) is 0 Å². The summed E-state index contributed by atoms with van der Waals surface area (Å²) in [6.45, 7) is 7.06. The van der Waals surface area contributed by atoms with Gasteiger partial charge in [-0.1, -0.05) is 72.3 Å². The van der Waals surface area contributed by atoms with Gasteiger partial charge in [-0.3, -0.25) is 4.79 Å². The fourth-order valence-electron chi connectivity index (χ4n) is 2.63. The average molecular weight is 288 g/mol. The maximum Gasteiger partial charge on any atom is 0.226 e. The Morgan fingerprint density at radius 1 is 1.14 bits per heavy atom. The first-order valence-electron chi connectivity index (χ1n) is 7.26. The molecule has 22 heavy (non-hydrogen) atoms. The standard InChI is InChI=1S/C19H16N2O/c1-20-16-9-5-8-15(12-16)13-17-18(21-19(17)22)11-10-14-6-3-2-4-7-14/h2-12,17-18H,13H2,(H,21,22). The van der Waals surface area contributed by atoms with Crippen LogP contribution in [0.3, 0.4) is 0 Å². The number of hydrogen-bond donors (Lipinski definition) is 1. The number of rotatable bonds is 4. The number of amides is 1. The molecule has 1 fully saturated rings. The minimum atomic E-state index is -0.0547. The van der Waals surface area contributed by atoms with Crippen molar-refractivity contribution in [2.75, 3.05) is 0 Å². The second-order valence-corrected chi connectivity index (χ2v) is 5.40. The quantitative estimate of drug-likeness (QED) is 0.676. The van der Waals surface area contributed by atoms with Gasteiger partial charge in [0.05, 0.1) is 18.5 Å². The Morgan fingerprint density at radius 2 is 1.95 bits per heavy atom. The molecule has 0 spiro atoms. The smallest absolute Gasteiger partial charge is 0.226 e. The van der Waals surface area contributed by atoms with Gasteiger partial charge in [0.25, 0.3) is 0 Å². The summed E-state index contributed by atoms with van der Waals surface area (Å²) in [7, 11) is 0. The molecule has 0 aromatic heterocycles. The molecule has 2 aromatic rings. The number of β-lactam (4-membered cyclic amide) rings is 1. The summed E-state index contributed by atoms with van der Waals surface area (Å²) in [5.74, 6) is 0.0249. The van der Waals surface area contributed by atoms with Gasteiger partial charge in [0.2, 0.25) is 5.91 Å².